The molecule has 0 aliphatic heterocycles. The molecule has 0 saturated heterocycles. The summed E-state index contributed by atoms with van der Waals surface area (Å²) >= 11 is 1.46. The smallest absolute Gasteiger partial charge is 0.323 e. The van der Waals surface area contributed by atoms with Crippen molar-refractivity contribution in [3.8, 4) is 5.75 Å². The van der Waals surface area contributed by atoms with E-state index in [4.69, 9.17) is 9.47 Å². The predicted molar refractivity (Wildman–Crippen MR) is 80.1 cm³/mol. The van der Waals surface area contributed by atoms with E-state index in [9.17, 15) is 4.79 Å². The van der Waals surface area contributed by atoms with Crippen LogP contribution in [0.25, 0.3) is 0 Å². The van der Waals surface area contributed by atoms with Gasteiger partial charge in [0.2, 0.25) is 0 Å². The number of carbonyl (C=O) groups is 1. The summed E-state index contributed by atoms with van der Waals surface area (Å²) < 4.78 is 10.0. The van der Waals surface area contributed by atoms with Gasteiger partial charge in [-0.25, -0.2) is 0 Å². The second kappa shape index (κ2) is 7.01. The third-order valence-electron chi connectivity index (χ3n) is 2.83. The lowest BCUT2D eigenvalue weighted by Crippen LogP contribution is -2.10. The first-order valence-corrected chi connectivity index (χ1v) is 7.06. The first-order chi connectivity index (χ1) is 9.74. The zero-order chi connectivity index (χ0) is 14.4. The normalized spacial score (nSPS) is 11.7. The van der Waals surface area contributed by atoms with E-state index in [2.05, 4.69) is 0 Å². The molecule has 0 aromatic heterocycles. The van der Waals surface area contributed by atoms with Crippen molar-refractivity contribution in [2.45, 2.75) is 10.1 Å². The van der Waals surface area contributed by atoms with Crippen molar-refractivity contribution in [3.63, 3.8) is 0 Å². The Morgan fingerprint density at radius 3 is 2.20 bits per heavy atom. The molecule has 0 N–H and O–H groups in total. The number of hydrogen-bond acceptors (Lipinski definition) is 4. The van der Waals surface area contributed by atoms with Crippen molar-refractivity contribution in [1.29, 1.82) is 0 Å². The molecule has 0 amide bonds. The van der Waals surface area contributed by atoms with Crippen LogP contribution in [0.2, 0.25) is 0 Å². The van der Waals surface area contributed by atoms with Crippen LogP contribution in [0, 0.1) is 0 Å². The predicted octanol–water partition coefficient (Wildman–Crippen LogP) is 3.70. The minimum atomic E-state index is -0.366. The number of rotatable bonds is 5. The lowest BCUT2D eigenvalue weighted by molar-refractivity contribution is -0.140. The fraction of sp³-hybridized carbons (Fsp3) is 0.188. The van der Waals surface area contributed by atoms with E-state index in [1.807, 2.05) is 54.6 Å². The second-order valence-electron chi connectivity index (χ2n) is 4.11. The average molecular weight is 288 g/mol. The summed E-state index contributed by atoms with van der Waals surface area (Å²) in [5.74, 6) is 0.542. The highest BCUT2D eigenvalue weighted by Gasteiger charge is 2.22. The van der Waals surface area contributed by atoms with Crippen LogP contribution >= 0.6 is 11.8 Å². The van der Waals surface area contributed by atoms with E-state index in [1.165, 1.54) is 18.9 Å². The summed E-state index contributed by atoms with van der Waals surface area (Å²) in [6, 6.07) is 17.2. The number of benzene rings is 2. The molecule has 1 unspecified atom stereocenters. The van der Waals surface area contributed by atoms with Crippen LogP contribution in [0.15, 0.2) is 59.5 Å². The summed E-state index contributed by atoms with van der Waals surface area (Å²) in [4.78, 5) is 13.0. The number of ether oxygens (including phenoxy) is 2. The minimum absolute atomic E-state index is 0.253. The Balaban J connectivity index is 2.21. The minimum Gasteiger partial charge on any atom is -0.497 e. The number of hydrogen-bond donors (Lipinski definition) is 0. The van der Waals surface area contributed by atoms with E-state index in [-0.39, 0.29) is 11.2 Å². The van der Waals surface area contributed by atoms with Crippen molar-refractivity contribution in [2.24, 2.45) is 0 Å². The third-order valence-corrected chi connectivity index (χ3v) is 4.08. The fourth-order valence-corrected chi connectivity index (χ4v) is 2.83. The molecular weight excluding hydrogens is 272 g/mol. The van der Waals surface area contributed by atoms with Gasteiger partial charge in [0.05, 0.1) is 14.2 Å². The van der Waals surface area contributed by atoms with Gasteiger partial charge in [0.25, 0.3) is 0 Å². The summed E-state index contributed by atoms with van der Waals surface area (Å²) in [5, 5.41) is -0.366. The molecular formula is C16H16O3S. The van der Waals surface area contributed by atoms with Gasteiger partial charge in [0, 0.05) is 4.90 Å². The number of methoxy groups -OCH3 is 2. The standard InChI is InChI=1S/C16H16O3S/c1-18-13-8-10-14(11-9-13)20-15(16(17)19-2)12-6-4-3-5-7-12/h3-11,15H,1-2H3. The molecule has 0 radical (unpaired) electrons. The summed E-state index contributed by atoms with van der Waals surface area (Å²) in [7, 11) is 3.04. The molecule has 0 aliphatic rings. The molecule has 0 fully saturated rings. The molecule has 2 aromatic rings. The van der Waals surface area contributed by atoms with Crippen molar-refractivity contribution >= 4 is 17.7 Å². The highest BCUT2D eigenvalue weighted by molar-refractivity contribution is 8.00. The molecule has 0 heterocycles. The van der Waals surface area contributed by atoms with Gasteiger partial charge in [-0.05, 0) is 29.8 Å². The Bertz CT molecular complexity index is 552. The Labute approximate surface area is 122 Å². The van der Waals surface area contributed by atoms with Crippen LogP contribution in [-0.4, -0.2) is 20.2 Å². The van der Waals surface area contributed by atoms with Crippen LogP contribution in [0.4, 0.5) is 0 Å². The molecule has 1 atom stereocenters. The molecule has 2 aromatic carbocycles. The monoisotopic (exact) mass is 288 g/mol. The quantitative estimate of drug-likeness (QED) is 0.621. The summed E-state index contributed by atoms with van der Waals surface area (Å²) in [6.45, 7) is 0. The third kappa shape index (κ3) is 3.54. The van der Waals surface area contributed by atoms with Crippen LogP contribution in [0.3, 0.4) is 0 Å². The van der Waals surface area contributed by atoms with Crippen LogP contribution in [0.5, 0.6) is 5.75 Å². The highest BCUT2D eigenvalue weighted by atomic mass is 32.2. The van der Waals surface area contributed by atoms with E-state index >= 15 is 0 Å². The Morgan fingerprint density at radius 2 is 1.65 bits per heavy atom. The van der Waals surface area contributed by atoms with Crippen molar-refractivity contribution in [2.75, 3.05) is 14.2 Å². The van der Waals surface area contributed by atoms with Crippen molar-refractivity contribution < 1.29 is 14.3 Å². The first kappa shape index (κ1) is 14.5. The van der Waals surface area contributed by atoms with E-state index in [0.29, 0.717) is 0 Å². The zero-order valence-electron chi connectivity index (χ0n) is 11.4. The SMILES string of the molecule is COC(=O)C(Sc1ccc(OC)cc1)c1ccccc1. The summed E-state index contributed by atoms with van der Waals surface area (Å²) in [6.07, 6.45) is 0. The fourth-order valence-electron chi connectivity index (χ4n) is 1.78. The lowest BCUT2D eigenvalue weighted by atomic mass is 10.1. The number of thioether (sulfide) groups is 1. The number of carbonyl (C=O) groups excluding carboxylic acids is 1. The molecule has 0 spiro atoms. The van der Waals surface area contributed by atoms with Gasteiger partial charge in [-0.1, -0.05) is 30.3 Å². The molecule has 4 heteroatoms. The first-order valence-electron chi connectivity index (χ1n) is 6.18. The van der Waals surface area contributed by atoms with Gasteiger partial charge in [-0.3, -0.25) is 4.79 Å². The maximum absolute atomic E-state index is 12.0. The van der Waals surface area contributed by atoms with Gasteiger partial charge in [-0.15, -0.1) is 11.8 Å². The zero-order valence-corrected chi connectivity index (χ0v) is 12.2. The maximum atomic E-state index is 12.0. The van der Waals surface area contributed by atoms with E-state index in [0.717, 1.165) is 16.2 Å². The molecule has 3 nitrogen and oxygen atoms in total. The average Bonchev–Trinajstić information content (AvgIpc) is 2.53. The second-order valence-corrected chi connectivity index (χ2v) is 5.29. The van der Waals surface area contributed by atoms with Crippen molar-refractivity contribution in [1.82, 2.24) is 0 Å². The Hall–Kier alpha value is -1.94. The molecule has 104 valence electrons. The molecule has 0 saturated carbocycles. The molecule has 2 rings (SSSR count). The van der Waals surface area contributed by atoms with Crippen LogP contribution < -0.4 is 4.74 Å². The molecule has 20 heavy (non-hydrogen) atoms. The Morgan fingerprint density at radius 1 is 1.00 bits per heavy atom. The lowest BCUT2D eigenvalue weighted by Gasteiger charge is -2.14. The van der Waals surface area contributed by atoms with E-state index < -0.39 is 0 Å². The van der Waals surface area contributed by atoms with Gasteiger partial charge in [-0.2, -0.15) is 0 Å². The molecule has 0 bridgehead atoms. The van der Waals surface area contributed by atoms with Crippen molar-refractivity contribution in [3.05, 3.63) is 60.2 Å². The maximum Gasteiger partial charge on any atom is 0.323 e. The highest BCUT2D eigenvalue weighted by Crippen LogP contribution is 2.36. The van der Waals surface area contributed by atoms with Gasteiger partial charge >= 0.3 is 5.97 Å². The van der Waals surface area contributed by atoms with Gasteiger partial charge in [0.1, 0.15) is 11.0 Å². The van der Waals surface area contributed by atoms with Crippen LogP contribution in [0.1, 0.15) is 10.8 Å². The van der Waals surface area contributed by atoms with Crippen LogP contribution in [-0.2, 0) is 9.53 Å². The Kier molecular flexibility index (Phi) is 5.07. The van der Waals surface area contributed by atoms with E-state index in [1.54, 1.807) is 7.11 Å². The summed E-state index contributed by atoms with van der Waals surface area (Å²) in [5.41, 5.74) is 0.931. The largest absolute Gasteiger partial charge is 0.497 e. The van der Waals surface area contributed by atoms with Gasteiger partial charge in [0.15, 0.2) is 0 Å². The number of esters is 1. The topological polar surface area (TPSA) is 35.5 Å². The van der Waals surface area contributed by atoms with Gasteiger partial charge < -0.3 is 9.47 Å². The molecule has 0 aliphatic carbocycles.